The van der Waals surface area contributed by atoms with Crippen LogP contribution < -0.4 is 9.80 Å². The molecule has 4 nitrogen and oxygen atoms in total. The molecular formula is C54H39N3O. The van der Waals surface area contributed by atoms with Crippen LogP contribution in [0.25, 0.3) is 55.2 Å². The van der Waals surface area contributed by atoms with Crippen molar-refractivity contribution in [3.8, 4) is 22.6 Å². The maximum Gasteiger partial charge on any atom is 0.227 e. The van der Waals surface area contributed by atoms with Crippen molar-refractivity contribution in [1.82, 2.24) is 4.98 Å². The molecule has 0 atom stereocenters. The summed E-state index contributed by atoms with van der Waals surface area (Å²) in [5.74, 6) is 0.624. The fraction of sp³-hybridized carbons (Fsp3) is 0.0556. The number of oxazole rings is 1. The van der Waals surface area contributed by atoms with E-state index < -0.39 is 0 Å². The molecule has 1 aliphatic rings. The summed E-state index contributed by atoms with van der Waals surface area (Å²) in [6.07, 6.45) is 0. The first kappa shape index (κ1) is 33.9. The number of anilines is 6. The van der Waals surface area contributed by atoms with Gasteiger partial charge in [0.25, 0.3) is 0 Å². The smallest absolute Gasteiger partial charge is 0.227 e. The maximum absolute atomic E-state index is 6.60. The zero-order valence-corrected chi connectivity index (χ0v) is 32.3. The topological polar surface area (TPSA) is 32.5 Å². The van der Waals surface area contributed by atoms with Gasteiger partial charge in [0, 0.05) is 50.5 Å². The van der Waals surface area contributed by atoms with Gasteiger partial charge < -0.3 is 14.2 Å². The summed E-state index contributed by atoms with van der Waals surface area (Å²) in [5.41, 5.74) is 14.3. The van der Waals surface area contributed by atoms with E-state index in [0.717, 1.165) is 72.3 Å². The van der Waals surface area contributed by atoms with E-state index in [1.807, 2.05) is 30.3 Å². The minimum absolute atomic E-state index is 0.114. The summed E-state index contributed by atoms with van der Waals surface area (Å²) >= 11 is 0. The molecular weight excluding hydrogens is 707 g/mol. The van der Waals surface area contributed by atoms with Gasteiger partial charge in [0.2, 0.25) is 5.89 Å². The Labute approximate surface area is 337 Å². The molecule has 0 bridgehead atoms. The van der Waals surface area contributed by atoms with Crippen molar-refractivity contribution in [1.29, 1.82) is 0 Å². The zero-order chi connectivity index (χ0) is 38.8. The first-order chi connectivity index (χ1) is 28.5. The van der Waals surface area contributed by atoms with E-state index in [0.29, 0.717) is 5.89 Å². The minimum atomic E-state index is -0.114. The van der Waals surface area contributed by atoms with E-state index >= 15 is 0 Å². The van der Waals surface area contributed by atoms with Crippen molar-refractivity contribution in [2.45, 2.75) is 19.3 Å². The first-order valence-corrected chi connectivity index (χ1v) is 19.9. The number of hydrogen-bond acceptors (Lipinski definition) is 4. The molecule has 0 spiro atoms. The van der Waals surface area contributed by atoms with Crippen LogP contribution in [0.3, 0.4) is 0 Å². The molecule has 276 valence electrons. The van der Waals surface area contributed by atoms with Crippen LogP contribution >= 0.6 is 0 Å². The van der Waals surface area contributed by atoms with Crippen LogP contribution in [-0.2, 0) is 5.41 Å². The molecule has 4 heteroatoms. The van der Waals surface area contributed by atoms with E-state index in [-0.39, 0.29) is 5.41 Å². The van der Waals surface area contributed by atoms with Crippen LogP contribution in [0.5, 0.6) is 0 Å². The lowest BCUT2D eigenvalue weighted by Crippen LogP contribution is -2.17. The predicted molar refractivity (Wildman–Crippen MR) is 241 cm³/mol. The Kier molecular flexibility index (Phi) is 7.80. The van der Waals surface area contributed by atoms with Crippen LogP contribution in [0.15, 0.2) is 205 Å². The van der Waals surface area contributed by atoms with Crippen LogP contribution in [0, 0.1) is 0 Å². The summed E-state index contributed by atoms with van der Waals surface area (Å²) in [6, 6.07) is 71.5. The molecule has 1 aromatic heterocycles. The van der Waals surface area contributed by atoms with Crippen molar-refractivity contribution < 1.29 is 4.42 Å². The van der Waals surface area contributed by atoms with Crippen molar-refractivity contribution in [3.05, 3.63) is 211 Å². The molecule has 9 aromatic carbocycles. The lowest BCUT2D eigenvalue weighted by molar-refractivity contribution is 0.623. The summed E-state index contributed by atoms with van der Waals surface area (Å²) < 4.78 is 6.60. The number of fused-ring (bicyclic) bond motifs is 8. The summed E-state index contributed by atoms with van der Waals surface area (Å²) in [7, 11) is 0. The second-order valence-electron chi connectivity index (χ2n) is 15.6. The molecule has 0 radical (unpaired) electrons. The van der Waals surface area contributed by atoms with Crippen LogP contribution in [-0.4, -0.2) is 4.98 Å². The Morgan fingerprint density at radius 1 is 0.431 bits per heavy atom. The molecule has 0 aliphatic heterocycles. The van der Waals surface area contributed by atoms with Gasteiger partial charge in [-0.1, -0.05) is 129 Å². The molecule has 1 heterocycles. The van der Waals surface area contributed by atoms with Crippen molar-refractivity contribution in [2.75, 3.05) is 9.80 Å². The largest absolute Gasteiger partial charge is 0.435 e. The molecule has 0 unspecified atom stereocenters. The average molecular weight is 746 g/mol. The highest BCUT2D eigenvalue weighted by Crippen LogP contribution is 2.51. The third kappa shape index (κ3) is 5.48. The Morgan fingerprint density at radius 2 is 0.966 bits per heavy atom. The molecule has 10 aromatic rings. The lowest BCUT2D eigenvalue weighted by Gasteiger charge is -2.30. The third-order valence-corrected chi connectivity index (χ3v) is 11.8. The molecule has 0 amide bonds. The second kappa shape index (κ2) is 13.4. The SMILES string of the molecule is CC1(C)c2ccccc2-c2ccc(N(c3ccccc3)c3cccc(N(c4ccccc4)c4ccc5ccc6ccc7nc(-c8ccccc8)oc7c6c5c4)c3)cc21. The van der Waals surface area contributed by atoms with Gasteiger partial charge in [-0.15, -0.1) is 0 Å². The highest BCUT2D eigenvalue weighted by Gasteiger charge is 2.35. The normalized spacial score (nSPS) is 12.8. The zero-order valence-electron chi connectivity index (χ0n) is 32.3. The van der Waals surface area contributed by atoms with Crippen LogP contribution in [0.2, 0.25) is 0 Å². The van der Waals surface area contributed by atoms with E-state index in [9.17, 15) is 0 Å². The van der Waals surface area contributed by atoms with Crippen LogP contribution in [0.4, 0.5) is 34.1 Å². The summed E-state index contributed by atoms with van der Waals surface area (Å²) in [4.78, 5) is 9.65. The van der Waals surface area contributed by atoms with E-state index in [1.54, 1.807) is 0 Å². The molecule has 0 saturated carbocycles. The number of benzene rings is 9. The second-order valence-corrected chi connectivity index (χ2v) is 15.6. The van der Waals surface area contributed by atoms with Crippen molar-refractivity contribution >= 4 is 66.8 Å². The Morgan fingerprint density at radius 3 is 1.69 bits per heavy atom. The van der Waals surface area contributed by atoms with Crippen LogP contribution in [0.1, 0.15) is 25.0 Å². The standard InChI is InChI=1S/C54H39N3O/c1-54(2)48-24-13-12-23-45(48)46-31-30-44(35-49(46)54)57(40-19-10-5-11-20-40)42-22-14-21-41(33-42)56(39-17-8-4-9-18-39)43-29-27-36-25-26-37-28-32-50-52(51(37)47(36)34-43)58-53(55-50)38-15-6-3-7-16-38/h3-35H,1-2H3. The van der Waals surface area contributed by atoms with E-state index in [1.165, 1.54) is 22.3 Å². The highest BCUT2D eigenvalue weighted by molar-refractivity contribution is 6.18. The molecule has 0 N–H and O–H groups in total. The van der Waals surface area contributed by atoms with Gasteiger partial charge >= 0.3 is 0 Å². The number of rotatable bonds is 7. The van der Waals surface area contributed by atoms with Gasteiger partial charge in [-0.3, -0.25) is 0 Å². The van der Waals surface area contributed by atoms with Gasteiger partial charge in [-0.2, -0.15) is 0 Å². The number of aromatic nitrogens is 1. The summed E-state index contributed by atoms with van der Waals surface area (Å²) in [6.45, 7) is 4.68. The highest BCUT2D eigenvalue weighted by atomic mass is 16.3. The molecule has 0 fully saturated rings. The quantitative estimate of drug-likeness (QED) is 0.152. The van der Waals surface area contributed by atoms with Crippen molar-refractivity contribution in [2.24, 2.45) is 0 Å². The molecule has 1 aliphatic carbocycles. The Hall–Kier alpha value is -7.43. The maximum atomic E-state index is 6.60. The van der Waals surface area contributed by atoms with Gasteiger partial charge in [0.05, 0.1) is 0 Å². The van der Waals surface area contributed by atoms with Gasteiger partial charge in [-0.25, -0.2) is 4.98 Å². The predicted octanol–water partition coefficient (Wildman–Crippen LogP) is 15.0. The fourth-order valence-electron chi connectivity index (χ4n) is 9.00. The monoisotopic (exact) mass is 745 g/mol. The molecule has 11 rings (SSSR count). The molecule has 58 heavy (non-hydrogen) atoms. The lowest BCUT2D eigenvalue weighted by atomic mass is 9.82. The fourth-order valence-corrected chi connectivity index (χ4v) is 9.00. The van der Waals surface area contributed by atoms with E-state index in [2.05, 4.69) is 194 Å². The number of nitrogens with zero attached hydrogens (tertiary/aromatic N) is 3. The molecule has 0 saturated heterocycles. The number of para-hydroxylation sites is 2. The van der Waals surface area contributed by atoms with E-state index in [4.69, 9.17) is 9.40 Å². The number of hydrogen-bond donors (Lipinski definition) is 0. The summed E-state index contributed by atoms with van der Waals surface area (Å²) in [5, 5.41) is 4.42. The van der Waals surface area contributed by atoms with Gasteiger partial charge in [-0.05, 0) is 123 Å². The first-order valence-electron chi connectivity index (χ1n) is 19.9. The van der Waals surface area contributed by atoms with Crippen molar-refractivity contribution in [3.63, 3.8) is 0 Å². The van der Waals surface area contributed by atoms with Gasteiger partial charge in [0.15, 0.2) is 5.58 Å². The Bertz CT molecular complexity index is 3150. The Balaban J connectivity index is 1.08. The average Bonchev–Trinajstić information content (AvgIpc) is 3.81. The minimum Gasteiger partial charge on any atom is -0.435 e. The third-order valence-electron chi connectivity index (χ3n) is 11.8. The van der Waals surface area contributed by atoms with Gasteiger partial charge in [0.1, 0.15) is 5.52 Å².